The van der Waals surface area contributed by atoms with Crippen molar-refractivity contribution in [2.75, 3.05) is 0 Å². The molecule has 0 spiro atoms. The molecule has 0 aliphatic carbocycles. The standard InChI is InChI=1S/C17H15ClN2O.C14H9ClN2O.C12H11ClINO.C9H5ClINO/c1-11(2)21-17-15(18)9-14(12-5-3-7-19-10-12)13-6-4-8-20-16(13)17;15-12-7-11(9-3-1-5-16-8-9)10-4-2-6-17-13(10)14(12)18;1-7(2)16-12-9(13)6-10(14)8-4-3-5-15-11(8)12;10-6-4-7(11)5-2-1-3-12-8(5)9(6)13/h3-11H,1-2H3;1-8,18H;3-7H,1-2H3;1-4,13H. The lowest BCUT2D eigenvalue weighted by Gasteiger charge is -2.15. The fourth-order valence-corrected chi connectivity index (χ4v) is 9.65. The number of ether oxygens (including phenoxy) is 2. The quantitative estimate of drug-likeness (QED) is 0.155. The van der Waals surface area contributed by atoms with E-state index < -0.39 is 0 Å². The van der Waals surface area contributed by atoms with Crippen LogP contribution < -0.4 is 9.47 Å². The van der Waals surface area contributed by atoms with Crippen molar-refractivity contribution in [1.82, 2.24) is 29.9 Å². The highest BCUT2D eigenvalue weighted by atomic mass is 127. The predicted molar refractivity (Wildman–Crippen MR) is 294 cm³/mol. The second kappa shape index (κ2) is 23.3. The van der Waals surface area contributed by atoms with E-state index in [1.54, 1.807) is 55.5 Å². The molecule has 10 nitrogen and oxygen atoms in total. The molecule has 0 bridgehead atoms. The van der Waals surface area contributed by atoms with Crippen LogP contribution in [0.15, 0.2) is 147 Å². The molecule has 4 aromatic carbocycles. The van der Waals surface area contributed by atoms with Gasteiger partial charge in [0.05, 0.1) is 32.3 Å². The minimum absolute atomic E-state index is 0.0138. The molecule has 0 aliphatic heterocycles. The maximum atomic E-state index is 9.92. The fraction of sp³-hybridized carbons (Fsp3) is 0.115. The van der Waals surface area contributed by atoms with Gasteiger partial charge in [-0.15, -0.1) is 0 Å². The zero-order valence-corrected chi connectivity index (χ0v) is 44.0. The number of hydrogen-bond donors (Lipinski definition) is 2. The molecule has 0 fully saturated rings. The third-order valence-corrected chi connectivity index (χ3v) is 12.7. The first-order valence-electron chi connectivity index (χ1n) is 20.8. The van der Waals surface area contributed by atoms with Crippen molar-refractivity contribution in [3.63, 3.8) is 0 Å². The van der Waals surface area contributed by atoms with Gasteiger partial charge in [-0.05, 0) is 145 Å². The van der Waals surface area contributed by atoms with E-state index >= 15 is 0 Å². The van der Waals surface area contributed by atoms with Crippen LogP contribution in [0.1, 0.15) is 27.7 Å². The molecule has 0 unspecified atom stereocenters. The first-order chi connectivity index (χ1) is 32.7. The first-order valence-corrected chi connectivity index (χ1v) is 24.5. The van der Waals surface area contributed by atoms with E-state index in [0.29, 0.717) is 42.6 Å². The highest BCUT2D eigenvalue weighted by Crippen LogP contribution is 2.41. The Morgan fingerprint density at radius 2 is 0.779 bits per heavy atom. The molecule has 0 amide bonds. The van der Waals surface area contributed by atoms with Crippen molar-refractivity contribution in [2.24, 2.45) is 0 Å². The summed E-state index contributed by atoms with van der Waals surface area (Å²) in [5.74, 6) is 1.38. The number of aromatic hydroxyl groups is 2. The van der Waals surface area contributed by atoms with E-state index in [1.165, 1.54) is 0 Å². The Labute approximate surface area is 440 Å². The van der Waals surface area contributed by atoms with Gasteiger partial charge in [0.1, 0.15) is 22.1 Å². The molecule has 0 aliphatic rings. The summed E-state index contributed by atoms with van der Waals surface area (Å²) in [6.45, 7) is 7.90. The monoisotopic (exact) mass is 1210 g/mol. The van der Waals surface area contributed by atoms with Crippen LogP contribution in [-0.4, -0.2) is 52.3 Å². The third kappa shape index (κ3) is 11.9. The molecule has 16 heteroatoms. The molecule has 68 heavy (non-hydrogen) atoms. The fourth-order valence-electron chi connectivity index (χ4n) is 6.91. The van der Waals surface area contributed by atoms with E-state index in [-0.39, 0.29) is 23.7 Å². The molecule has 10 rings (SSSR count). The molecular weight excluding hydrogens is 1170 g/mol. The Hall–Kier alpha value is -5.36. The predicted octanol–water partition coefficient (Wildman–Crippen LogP) is 15.9. The molecule has 0 atom stereocenters. The Morgan fingerprint density at radius 3 is 1.24 bits per heavy atom. The maximum absolute atomic E-state index is 9.92. The molecule has 10 aromatic rings. The molecule has 6 heterocycles. The molecule has 6 aromatic heterocycles. The number of benzene rings is 4. The largest absolute Gasteiger partial charge is 0.504 e. The normalized spacial score (nSPS) is 10.9. The minimum atomic E-state index is 0.0138. The average Bonchev–Trinajstić information content (AvgIpc) is 3.35. The van der Waals surface area contributed by atoms with Gasteiger partial charge in [-0.25, -0.2) is 0 Å². The second-order valence-electron chi connectivity index (χ2n) is 15.3. The molecule has 2 N–H and O–H groups in total. The summed E-state index contributed by atoms with van der Waals surface area (Å²) in [7, 11) is 0. The van der Waals surface area contributed by atoms with E-state index in [4.69, 9.17) is 55.9 Å². The number of fused-ring (bicyclic) bond motifs is 4. The van der Waals surface area contributed by atoms with E-state index in [1.807, 2.05) is 119 Å². The number of halogens is 6. The smallest absolute Gasteiger partial charge is 0.164 e. The van der Waals surface area contributed by atoms with Crippen molar-refractivity contribution < 1.29 is 19.7 Å². The van der Waals surface area contributed by atoms with Gasteiger partial charge >= 0.3 is 0 Å². The maximum Gasteiger partial charge on any atom is 0.164 e. The SMILES string of the molecule is CC(C)Oc1c(Cl)cc(-c2cccnc2)c2cccnc12.CC(C)Oc1c(Cl)cc(I)c2cccnc12.Oc1c(Cl)cc(-c2cccnc2)c2cccnc12.Oc1c(Cl)cc(I)c2cccnc12. The van der Waals surface area contributed by atoms with Crippen LogP contribution in [0.2, 0.25) is 20.1 Å². The van der Waals surface area contributed by atoms with Crippen molar-refractivity contribution in [2.45, 2.75) is 39.9 Å². The number of phenols is 2. The van der Waals surface area contributed by atoms with Crippen molar-refractivity contribution in [3.05, 3.63) is 174 Å². The van der Waals surface area contributed by atoms with E-state index in [9.17, 15) is 10.2 Å². The minimum Gasteiger partial charge on any atom is -0.504 e. The summed E-state index contributed by atoms with van der Waals surface area (Å²) in [6.07, 6.45) is 13.9. The summed E-state index contributed by atoms with van der Waals surface area (Å²) in [4.78, 5) is 25.3. The Morgan fingerprint density at radius 1 is 0.441 bits per heavy atom. The molecule has 0 saturated heterocycles. The van der Waals surface area contributed by atoms with Gasteiger partial charge in [-0.1, -0.05) is 82.8 Å². The van der Waals surface area contributed by atoms with Crippen LogP contribution in [0.3, 0.4) is 0 Å². The zero-order valence-electron chi connectivity index (χ0n) is 36.7. The number of hydrogen-bond acceptors (Lipinski definition) is 10. The topological polar surface area (TPSA) is 136 Å². The van der Waals surface area contributed by atoms with E-state index in [0.717, 1.165) is 62.0 Å². The zero-order chi connectivity index (χ0) is 48.5. The van der Waals surface area contributed by atoms with Gasteiger partial charge < -0.3 is 19.7 Å². The highest BCUT2D eigenvalue weighted by molar-refractivity contribution is 14.1. The van der Waals surface area contributed by atoms with Gasteiger partial charge in [-0.2, -0.15) is 0 Å². The molecule has 0 saturated carbocycles. The van der Waals surface area contributed by atoms with Crippen LogP contribution in [0.5, 0.6) is 23.0 Å². The van der Waals surface area contributed by atoms with Gasteiger partial charge in [0.15, 0.2) is 23.0 Å². The summed E-state index contributed by atoms with van der Waals surface area (Å²) >= 11 is 28.8. The van der Waals surface area contributed by atoms with Crippen molar-refractivity contribution in [1.29, 1.82) is 0 Å². The summed E-state index contributed by atoms with van der Waals surface area (Å²) in [5, 5.41) is 25.2. The first kappa shape index (κ1) is 50.5. The second-order valence-corrected chi connectivity index (χ2v) is 19.2. The van der Waals surface area contributed by atoms with Gasteiger partial charge in [-0.3, -0.25) is 29.9 Å². The number of pyridine rings is 6. The highest BCUT2D eigenvalue weighted by Gasteiger charge is 2.17. The van der Waals surface area contributed by atoms with Crippen LogP contribution in [0.25, 0.3) is 65.9 Å². The van der Waals surface area contributed by atoms with Crippen LogP contribution in [0.4, 0.5) is 0 Å². The van der Waals surface area contributed by atoms with Crippen molar-refractivity contribution >= 4 is 135 Å². The Kier molecular flexibility index (Phi) is 17.3. The van der Waals surface area contributed by atoms with E-state index in [2.05, 4.69) is 75.1 Å². The number of nitrogens with zero attached hydrogens (tertiary/aromatic N) is 6. The third-order valence-electron chi connectivity index (χ3n) is 9.79. The number of phenolic OH excluding ortho intramolecular Hbond substituents is 2. The van der Waals surface area contributed by atoms with Crippen LogP contribution in [-0.2, 0) is 0 Å². The van der Waals surface area contributed by atoms with Crippen molar-refractivity contribution in [3.8, 4) is 45.3 Å². The molecule has 344 valence electrons. The van der Waals surface area contributed by atoms with Gasteiger partial charge in [0.2, 0.25) is 0 Å². The summed E-state index contributed by atoms with van der Waals surface area (Å²) in [5.41, 5.74) is 6.53. The average molecular weight is 1210 g/mol. The molecular formula is C52H40Cl4I2N6O4. The van der Waals surface area contributed by atoms with Gasteiger partial charge in [0.25, 0.3) is 0 Å². The summed E-state index contributed by atoms with van der Waals surface area (Å²) < 4.78 is 13.6. The number of aromatic nitrogens is 6. The lowest BCUT2D eigenvalue weighted by molar-refractivity contribution is 0.245. The van der Waals surface area contributed by atoms with Crippen LogP contribution in [0, 0.1) is 7.14 Å². The summed E-state index contributed by atoms with van der Waals surface area (Å²) in [6, 6.07) is 30.3. The number of rotatable bonds is 6. The van der Waals surface area contributed by atoms with Gasteiger partial charge in [0, 0.05) is 89.4 Å². The molecule has 0 radical (unpaired) electrons. The Bertz CT molecular complexity index is 3380. The Balaban J connectivity index is 0.000000136. The lowest BCUT2D eigenvalue weighted by Crippen LogP contribution is -2.07. The van der Waals surface area contributed by atoms with Crippen LogP contribution >= 0.6 is 91.6 Å². The lowest BCUT2D eigenvalue weighted by atomic mass is 10.0.